The lowest BCUT2D eigenvalue weighted by Gasteiger charge is -2.26. The molecule has 1 aromatic rings. The lowest BCUT2D eigenvalue weighted by molar-refractivity contribution is 0.0270. The van der Waals surface area contributed by atoms with Crippen LogP contribution < -0.4 is 10.2 Å². The highest BCUT2D eigenvalue weighted by Gasteiger charge is 2.22. The van der Waals surface area contributed by atoms with Gasteiger partial charge in [-0.05, 0) is 43.0 Å². The van der Waals surface area contributed by atoms with E-state index in [-0.39, 0.29) is 10.8 Å². The summed E-state index contributed by atoms with van der Waals surface area (Å²) >= 11 is 0. The van der Waals surface area contributed by atoms with E-state index in [9.17, 15) is 13.2 Å². The van der Waals surface area contributed by atoms with E-state index in [1.165, 1.54) is 24.3 Å². The molecule has 2 N–H and O–H groups in total. The maximum Gasteiger partial charge on any atom is 0.274 e. The molecule has 2 aliphatic rings. The third-order valence-corrected chi connectivity index (χ3v) is 5.91. The van der Waals surface area contributed by atoms with E-state index in [2.05, 4.69) is 15.1 Å². The first-order valence-electron chi connectivity index (χ1n) is 8.86. The summed E-state index contributed by atoms with van der Waals surface area (Å²) < 4.78 is 32.5. The van der Waals surface area contributed by atoms with E-state index < -0.39 is 10.0 Å². The highest BCUT2D eigenvalue weighted by Crippen LogP contribution is 2.28. The zero-order chi connectivity index (χ0) is 18.4. The lowest BCUT2D eigenvalue weighted by Crippen LogP contribution is -2.41. The molecule has 0 spiro atoms. The van der Waals surface area contributed by atoms with Crippen LogP contribution in [0.4, 0.5) is 0 Å². The van der Waals surface area contributed by atoms with Gasteiger partial charge in [0.1, 0.15) is 0 Å². The molecule has 1 saturated heterocycles. The van der Waals surface area contributed by atoms with Crippen molar-refractivity contribution in [2.45, 2.75) is 17.7 Å². The molecule has 1 saturated carbocycles. The van der Waals surface area contributed by atoms with Crippen molar-refractivity contribution < 1.29 is 22.8 Å². The predicted octanol–water partition coefficient (Wildman–Crippen LogP) is 0.369. The first kappa shape index (κ1) is 19.2. The fraction of sp³-hybridized carbons (Fsp3) is 0.588. The Kier molecular flexibility index (Phi) is 6.60. The molecular weight excluding hydrogens is 358 g/mol. The fourth-order valence-corrected chi connectivity index (χ4v) is 3.62. The highest BCUT2D eigenvalue weighted by molar-refractivity contribution is 7.89. The van der Waals surface area contributed by atoms with Gasteiger partial charge in [-0.3, -0.25) is 14.5 Å². The molecule has 2 fully saturated rings. The van der Waals surface area contributed by atoms with Gasteiger partial charge in [-0.2, -0.15) is 0 Å². The number of carbonyl (C=O) groups excluding carboxylic acids is 1. The van der Waals surface area contributed by atoms with Crippen molar-refractivity contribution in [3.05, 3.63) is 29.8 Å². The van der Waals surface area contributed by atoms with Crippen LogP contribution in [0.3, 0.4) is 0 Å². The Labute approximate surface area is 153 Å². The second-order valence-electron chi connectivity index (χ2n) is 6.56. The Hall–Kier alpha value is -1.52. The Balaban J connectivity index is 1.46. The molecule has 1 amide bonds. The molecule has 0 atom stereocenters. The summed E-state index contributed by atoms with van der Waals surface area (Å²) in [6.45, 7) is 4.48. The maximum absolute atomic E-state index is 12.3. The number of benzene rings is 1. The molecule has 1 aliphatic heterocycles. The maximum atomic E-state index is 12.3. The summed E-state index contributed by atoms with van der Waals surface area (Å²) in [5.74, 6) is 0.168. The number of nitrogens with one attached hydrogen (secondary N) is 2. The van der Waals surface area contributed by atoms with Crippen LogP contribution in [0.5, 0.6) is 0 Å². The molecule has 26 heavy (non-hydrogen) atoms. The number of hydrogen-bond donors (Lipinski definition) is 2. The minimum absolute atomic E-state index is 0.134. The SMILES string of the molecule is O=C(NOCC1CC1)c1ccc(S(=O)(=O)NCCN2CCOCC2)cc1. The van der Waals surface area contributed by atoms with Gasteiger partial charge < -0.3 is 4.74 Å². The number of hydroxylamine groups is 1. The first-order valence-corrected chi connectivity index (χ1v) is 10.3. The van der Waals surface area contributed by atoms with Crippen LogP contribution in [-0.4, -0.2) is 65.2 Å². The summed E-state index contributed by atoms with van der Waals surface area (Å²) in [6.07, 6.45) is 2.28. The Morgan fingerprint density at radius 2 is 1.88 bits per heavy atom. The third-order valence-electron chi connectivity index (χ3n) is 4.43. The van der Waals surface area contributed by atoms with Gasteiger partial charge in [0.05, 0.1) is 24.7 Å². The van der Waals surface area contributed by atoms with Gasteiger partial charge in [0.2, 0.25) is 10.0 Å². The standard InChI is InChI=1S/C17H25N3O5S/c21-17(19-25-13-14-1-2-14)15-3-5-16(6-4-15)26(22,23)18-7-8-20-9-11-24-12-10-20/h3-6,14,18H,1-2,7-13H2,(H,19,21). The predicted molar refractivity (Wildman–Crippen MR) is 95.0 cm³/mol. The molecule has 1 heterocycles. The monoisotopic (exact) mass is 383 g/mol. The van der Waals surface area contributed by atoms with E-state index in [1.807, 2.05) is 0 Å². The fourth-order valence-electron chi connectivity index (χ4n) is 2.60. The van der Waals surface area contributed by atoms with Crippen LogP contribution in [0.1, 0.15) is 23.2 Å². The Bertz CT molecular complexity index is 698. The number of nitrogens with zero attached hydrogens (tertiary/aromatic N) is 1. The minimum atomic E-state index is -3.59. The second kappa shape index (κ2) is 8.92. The number of carbonyl (C=O) groups is 1. The molecule has 1 aromatic carbocycles. The number of hydrogen-bond acceptors (Lipinski definition) is 6. The van der Waals surface area contributed by atoms with Gasteiger partial charge in [0.15, 0.2) is 0 Å². The van der Waals surface area contributed by atoms with Gasteiger partial charge in [0.25, 0.3) is 5.91 Å². The van der Waals surface area contributed by atoms with Crippen molar-refractivity contribution in [2.24, 2.45) is 5.92 Å². The summed E-state index contributed by atoms with van der Waals surface area (Å²) in [5.41, 5.74) is 2.73. The van der Waals surface area contributed by atoms with E-state index in [0.717, 1.165) is 25.9 Å². The molecule has 144 valence electrons. The van der Waals surface area contributed by atoms with Crippen molar-refractivity contribution in [3.8, 4) is 0 Å². The number of rotatable bonds is 9. The van der Waals surface area contributed by atoms with Crippen LogP contribution in [0.25, 0.3) is 0 Å². The number of sulfonamides is 1. The molecule has 0 unspecified atom stereocenters. The highest BCUT2D eigenvalue weighted by atomic mass is 32.2. The second-order valence-corrected chi connectivity index (χ2v) is 8.33. The van der Waals surface area contributed by atoms with Gasteiger partial charge in [-0.25, -0.2) is 18.6 Å². The van der Waals surface area contributed by atoms with E-state index >= 15 is 0 Å². The van der Waals surface area contributed by atoms with Gasteiger partial charge in [-0.1, -0.05) is 0 Å². The number of morpholine rings is 1. The van der Waals surface area contributed by atoms with Gasteiger partial charge >= 0.3 is 0 Å². The smallest absolute Gasteiger partial charge is 0.274 e. The topological polar surface area (TPSA) is 97.0 Å². The number of ether oxygens (including phenoxy) is 1. The minimum Gasteiger partial charge on any atom is -0.379 e. The van der Waals surface area contributed by atoms with Crippen molar-refractivity contribution in [2.75, 3.05) is 46.0 Å². The average Bonchev–Trinajstić information content (AvgIpc) is 3.47. The zero-order valence-corrected chi connectivity index (χ0v) is 15.5. The van der Waals surface area contributed by atoms with Gasteiger partial charge in [0, 0.05) is 31.7 Å². The summed E-state index contributed by atoms with van der Waals surface area (Å²) in [5, 5.41) is 0. The van der Waals surface area contributed by atoms with Crippen molar-refractivity contribution >= 4 is 15.9 Å². The first-order chi connectivity index (χ1) is 12.5. The van der Waals surface area contributed by atoms with Crippen LogP contribution in [0.15, 0.2) is 29.2 Å². The van der Waals surface area contributed by atoms with Crippen LogP contribution in [0, 0.1) is 5.92 Å². The third kappa shape index (κ3) is 5.75. The summed E-state index contributed by atoms with van der Waals surface area (Å²) in [4.78, 5) is 19.4. The van der Waals surface area contributed by atoms with Crippen molar-refractivity contribution in [3.63, 3.8) is 0 Å². The number of amides is 1. The van der Waals surface area contributed by atoms with Crippen molar-refractivity contribution in [1.82, 2.24) is 15.1 Å². The van der Waals surface area contributed by atoms with Gasteiger partial charge in [-0.15, -0.1) is 0 Å². The average molecular weight is 383 g/mol. The van der Waals surface area contributed by atoms with E-state index in [4.69, 9.17) is 9.57 Å². The Morgan fingerprint density at radius 3 is 2.54 bits per heavy atom. The lowest BCUT2D eigenvalue weighted by atomic mass is 10.2. The largest absolute Gasteiger partial charge is 0.379 e. The normalized spacial score (nSPS) is 18.6. The zero-order valence-electron chi connectivity index (χ0n) is 14.6. The molecule has 0 bridgehead atoms. The van der Waals surface area contributed by atoms with Crippen LogP contribution in [-0.2, 0) is 19.6 Å². The molecule has 1 aliphatic carbocycles. The van der Waals surface area contributed by atoms with Crippen molar-refractivity contribution in [1.29, 1.82) is 0 Å². The summed E-state index contributed by atoms with van der Waals surface area (Å²) in [6, 6.07) is 5.80. The molecule has 3 rings (SSSR count). The quantitative estimate of drug-likeness (QED) is 0.598. The summed E-state index contributed by atoms with van der Waals surface area (Å²) in [7, 11) is -3.59. The molecule has 0 aromatic heterocycles. The molecular formula is C17H25N3O5S. The van der Waals surface area contributed by atoms with Crippen LogP contribution in [0.2, 0.25) is 0 Å². The molecule has 8 nitrogen and oxygen atoms in total. The molecule has 9 heteroatoms. The Morgan fingerprint density at radius 1 is 1.19 bits per heavy atom. The van der Waals surface area contributed by atoms with E-state index in [1.54, 1.807) is 0 Å². The molecule has 0 radical (unpaired) electrons. The van der Waals surface area contributed by atoms with E-state index in [0.29, 0.717) is 44.4 Å². The van der Waals surface area contributed by atoms with Crippen LogP contribution >= 0.6 is 0 Å².